The molecule has 112 valence electrons. The van der Waals surface area contributed by atoms with Gasteiger partial charge in [-0.2, -0.15) is 0 Å². The molecule has 2 rings (SSSR count). The minimum absolute atomic E-state index is 0.437. The molecule has 20 heavy (non-hydrogen) atoms. The van der Waals surface area contributed by atoms with E-state index in [1.165, 1.54) is 36.9 Å². The van der Waals surface area contributed by atoms with E-state index in [1.807, 2.05) is 0 Å². The third-order valence-electron chi connectivity index (χ3n) is 4.68. The highest BCUT2D eigenvalue weighted by Crippen LogP contribution is 2.19. The Hall–Kier alpha value is -0.860. The van der Waals surface area contributed by atoms with Crippen molar-refractivity contribution in [1.29, 1.82) is 0 Å². The summed E-state index contributed by atoms with van der Waals surface area (Å²) in [4.78, 5) is 2.51. The van der Waals surface area contributed by atoms with E-state index in [4.69, 9.17) is 0 Å². The number of nitrogens with one attached hydrogen (secondary N) is 1. The molecule has 0 bridgehead atoms. The molecule has 1 saturated heterocycles. The molecule has 1 fully saturated rings. The van der Waals surface area contributed by atoms with Gasteiger partial charge in [0.2, 0.25) is 0 Å². The molecule has 0 spiro atoms. The van der Waals surface area contributed by atoms with Gasteiger partial charge in [-0.3, -0.25) is 0 Å². The van der Waals surface area contributed by atoms with Crippen LogP contribution in [0, 0.1) is 0 Å². The van der Waals surface area contributed by atoms with E-state index in [2.05, 4.69) is 62.3 Å². The van der Waals surface area contributed by atoms with Crippen LogP contribution in [-0.4, -0.2) is 31.1 Å². The van der Waals surface area contributed by atoms with Crippen molar-refractivity contribution in [1.82, 2.24) is 10.2 Å². The molecular formula is C18H30N2. The summed E-state index contributed by atoms with van der Waals surface area (Å²) in [6.45, 7) is 9.12. The van der Waals surface area contributed by atoms with Crippen LogP contribution in [-0.2, 0) is 0 Å². The average Bonchev–Trinajstić information content (AvgIpc) is 2.46. The number of benzene rings is 1. The molecule has 1 aliphatic rings. The Balaban J connectivity index is 1.86. The summed E-state index contributed by atoms with van der Waals surface area (Å²) in [5.41, 5.74) is 2.82. The molecule has 1 aromatic rings. The van der Waals surface area contributed by atoms with Crippen molar-refractivity contribution in [2.75, 3.05) is 20.1 Å². The van der Waals surface area contributed by atoms with Crippen molar-refractivity contribution >= 4 is 0 Å². The fourth-order valence-electron chi connectivity index (χ4n) is 3.00. The summed E-state index contributed by atoms with van der Waals surface area (Å²) >= 11 is 0. The molecule has 1 aliphatic heterocycles. The topological polar surface area (TPSA) is 15.3 Å². The summed E-state index contributed by atoms with van der Waals surface area (Å²) < 4.78 is 0. The van der Waals surface area contributed by atoms with Crippen molar-refractivity contribution in [2.24, 2.45) is 0 Å². The lowest BCUT2D eigenvalue weighted by Gasteiger charge is -2.33. The lowest BCUT2D eigenvalue weighted by atomic mass is 9.99. The molecule has 2 atom stereocenters. The maximum atomic E-state index is 3.71. The van der Waals surface area contributed by atoms with Gasteiger partial charge in [0.15, 0.2) is 0 Å². The van der Waals surface area contributed by atoms with E-state index in [1.54, 1.807) is 0 Å². The first-order valence-electron chi connectivity index (χ1n) is 8.11. The van der Waals surface area contributed by atoms with E-state index in [0.29, 0.717) is 18.0 Å². The normalized spacial score (nSPS) is 22.1. The zero-order valence-corrected chi connectivity index (χ0v) is 13.5. The maximum Gasteiger partial charge on any atom is 0.0292 e. The third-order valence-corrected chi connectivity index (χ3v) is 4.68. The molecule has 0 aliphatic carbocycles. The highest BCUT2D eigenvalue weighted by Gasteiger charge is 2.19. The Morgan fingerprint density at radius 3 is 2.35 bits per heavy atom. The molecule has 0 saturated carbocycles. The van der Waals surface area contributed by atoms with Crippen LogP contribution in [0.25, 0.3) is 0 Å². The zero-order chi connectivity index (χ0) is 14.5. The van der Waals surface area contributed by atoms with Crippen molar-refractivity contribution in [2.45, 2.75) is 58.0 Å². The predicted octanol–water partition coefficient (Wildman–Crippen LogP) is 3.94. The molecule has 1 heterocycles. The smallest absolute Gasteiger partial charge is 0.0292 e. The fraction of sp³-hybridized carbons (Fsp3) is 0.667. The number of hydrogen-bond acceptors (Lipinski definition) is 2. The van der Waals surface area contributed by atoms with E-state index < -0.39 is 0 Å². The minimum Gasteiger partial charge on any atom is -0.309 e. The Kier molecular flexibility index (Phi) is 5.62. The maximum absolute atomic E-state index is 3.71. The lowest BCUT2D eigenvalue weighted by molar-refractivity contribution is 0.178. The SMILES string of the molecule is CC(C)c1ccc(C(C)NCC2CCCCN2C)cc1. The Morgan fingerprint density at radius 1 is 1.10 bits per heavy atom. The van der Waals surface area contributed by atoms with Gasteiger partial charge in [0.1, 0.15) is 0 Å². The van der Waals surface area contributed by atoms with Gasteiger partial charge in [0.05, 0.1) is 0 Å². The van der Waals surface area contributed by atoms with Crippen LogP contribution in [0.3, 0.4) is 0 Å². The van der Waals surface area contributed by atoms with Crippen LogP contribution in [0.4, 0.5) is 0 Å². The van der Waals surface area contributed by atoms with Gasteiger partial charge in [0.25, 0.3) is 0 Å². The molecule has 1 N–H and O–H groups in total. The zero-order valence-electron chi connectivity index (χ0n) is 13.5. The monoisotopic (exact) mass is 274 g/mol. The highest BCUT2D eigenvalue weighted by atomic mass is 15.2. The molecule has 1 aromatic carbocycles. The van der Waals surface area contributed by atoms with Gasteiger partial charge in [0, 0.05) is 18.6 Å². The van der Waals surface area contributed by atoms with Crippen LogP contribution in [0.2, 0.25) is 0 Å². The second-order valence-corrected chi connectivity index (χ2v) is 6.58. The standard InChI is InChI=1S/C18H30N2/c1-14(2)16-8-10-17(11-9-16)15(3)19-13-18-7-5-6-12-20(18)4/h8-11,14-15,18-19H,5-7,12-13H2,1-4H3. The van der Waals surface area contributed by atoms with Crippen molar-refractivity contribution in [3.63, 3.8) is 0 Å². The molecule has 0 aromatic heterocycles. The number of likely N-dealkylation sites (tertiary alicyclic amines) is 1. The van der Waals surface area contributed by atoms with Crippen molar-refractivity contribution in [3.8, 4) is 0 Å². The summed E-state index contributed by atoms with van der Waals surface area (Å²) in [6, 6.07) is 10.2. The first-order valence-corrected chi connectivity index (χ1v) is 8.11. The number of piperidine rings is 1. The molecule has 2 heteroatoms. The lowest BCUT2D eigenvalue weighted by Crippen LogP contribution is -2.43. The number of likely N-dealkylation sites (N-methyl/N-ethyl adjacent to an activating group) is 1. The predicted molar refractivity (Wildman–Crippen MR) is 87.2 cm³/mol. The van der Waals surface area contributed by atoms with Gasteiger partial charge in [-0.15, -0.1) is 0 Å². The minimum atomic E-state index is 0.437. The van der Waals surface area contributed by atoms with Gasteiger partial charge >= 0.3 is 0 Å². The van der Waals surface area contributed by atoms with E-state index in [-0.39, 0.29) is 0 Å². The molecular weight excluding hydrogens is 244 g/mol. The fourth-order valence-corrected chi connectivity index (χ4v) is 3.00. The van der Waals surface area contributed by atoms with Gasteiger partial charge < -0.3 is 10.2 Å². The molecule has 2 unspecified atom stereocenters. The first kappa shape index (κ1) is 15.5. The molecule has 0 amide bonds. The number of hydrogen-bond donors (Lipinski definition) is 1. The van der Waals surface area contributed by atoms with Crippen molar-refractivity contribution in [3.05, 3.63) is 35.4 Å². The summed E-state index contributed by atoms with van der Waals surface area (Å²) in [7, 11) is 2.26. The van der Waals surface area contributed by atoms with E-state index >= 15 is 0 Å². The second-order valence-electron chi connectivity index (χ2n) is 6.58. The van der Waals surface area contributed by atoms with E-state index in [9.17, 15) is 0 Å². The Bertz CT molecular complexity index is 396. The quantitative estimate of drug-likeness (QED) is 0.874. The highest BCUT2D eigenvalue weighted by molar-refractivity contribution is 5.26. The molecule has 0 radical (unpaired) electrons. The second kappa shape index (κ2) is 7.24. The third kappa shape index (κ3) is 4.07. The largest absolute Gasteiger partial charge is 0.309 e. The van der Waals surface area contributed by atoms with Gasteiger partial charge in [-0.1, -0.05) is 44.5 Å². The first-order chi connectivity index (χ1) is 9.58. The van der Waals surface area contributed by atoms with Crippen LogP contribution in [0.1, 0.15) is 63.1 Å². The van der Waals surface area contributed by atoms with E-state index in [0.717, 1.165) is 6.54 Å². The average molecular weight is 274 g/mol. The van der Waals surface area contributed by atoms with Crippen LogP contribution in [0.5, 0.6) is 0 Å². The summed E-state index contributed by atoms with van der Waals surface area (Å²) in [5.74, 6) is 0.614. The summed E-state index contributed by atoms with van der Waals surface area (Å²) in [5, 5.41) is 3.71. The number of nitrogens with zero attached hydrogens (tertiary/aromatic N) is 1. The van der Waals surface area contributed by atoms with Crippen LogP contribution in [0.15, 0.2) is 24.3 Å². The number of rotatable bonds is 5. The van der Waals surface area contributed by atoms with Crippen LogP contribution >= 0.6 is 0 Å². The molecule has 2 nitrogen and oxygen atoms in total. The Labute approximate surface area is 124 Å². The van der Waals surface area contributed by atoms with Gasteiger partial charge in [-0.25, -0.2) is 0 Å². The summed E-state index contributed by atoms with van der Waals surface area (Å²) in [6.07, 6.45) is 4.08. The Morgan fingerprint density at radius 2 is 1.75 bits per heavy atom. The van der Waals surface area contributed by atoms with Crippen molar-refractivity contribution < 1.29 is 0 Å². The van der Waals surface area contributed by atoms with Gasteiger partial charge in [-0.05, 0) is 50.4 Å². The van der Waals surface area contributed by atoms with Crippen LogP contribution < -0.4 is 5.32 Å².